The van der Waals surface area contributed by atoms with E-state index >= 15 is 4.39 Å². The molecular weight excluding hydrogens is 525 g/mol. The van der Waals surface area contributed by atoms with Gasteiger partial charge in [-0.2, -0.15) is 0 Å². The predicted octanol–water partition coefficient (Wildman–Crippen LogP) is 3.49. The third kappa shape index (κ3) is 5.44. The number of rotatable bonds is 8. The van der Waals surface area contributed by atoms with Crippen LogP contribution in [0.3, 0.4) is 0 Å². The van der Waals surface area contributed by atoms with Crippen molar-refractivity contribution >= 4 is 11.6 Å². The van der Waals surface area contributed by atoms with Gasteiger partial charge in [-0.15, -0.1) is 0 Å². The van der Waals surface area contributed by atoms with Gasteiger partial charge < -0.3 is 25.7 Å². The average molecular weight is 558 g/mol. The van der Waals surface area contributed by atoms with E-state index in [9.17, 15) is 14.4 Å². The quantitative estimate of drug-likeness (QED) is 0.264. The van der Waals surface area contributed by atoms with E-state index in [1.807, 2.05) is 50.2 Å². The number of carbonyl (C=O) groups is 1. The fourth-order valence-electron chi connectivity index (χ4n) is 5.02. The Morgan fingerprint density at radius 2 is 1.73 bits per heavy atom. The first-order valence-electron chi connectivity index (χ1n) is 13.3. The molecule has 4 N–H and O–H groups in total. The molecule has 1 aliphatic rings. The minimum atomic E-state index is -0.687. The highest BCUT2D eigenvalue weighted by Crippen LogP contribution is 2.37. The molecule has 10 heteroatoms. The summed E-state index contributed by atoms with van der Waals surface area (Å²) in [5.41, 5.74) is 4.62. The van der Waals surface area contributed by atoms with Gasteiger partial charge in [0.05, 0.1) is 7.11 Å². The van der Waals surface area contributed by atoms with Crippen LogP contribution in [0.2, 0.25) is 0 Å². The predicted molar refractivity (Wildman–Crippen MR) is 157 cm³/mol. The lowest BCUT2D eigenvalue weighted by Crippen LogP contribution is -2.55. The number of methoxy groups -OCH3 is 1. The molecule has 1 saturated heterocycles. The number of benzene rings is 3. The van der Waals surface area contributed by atoms with Crippen LogP contribution in [0, 0.1) is 19.7 Å². The van der Waals surface area contributed by atoms with Gasteiger partial charge in [0.25, 0.3) is 11.5 Å². The number of H-pyrrole nitrogens is 1. The second-order valence-corrected chi connectivity index (χ2v) is 10.2. The summed E-state index contributed by atoms with van der Waals surface area (Å²) in [5.74, 6) is -0.476. The van der Waals surface area contributed by atoms with Crippen LogP contribution in [0.25, 0.3) is 22.3 Å². The maximum Gasteiger partial charge on any atom is 0.328 e. The summed E-state index contributed by atoms with van der Waals surface area (Å²) in [4.78, 5) is 39.4. The minimum Gasteiger partial charge on any atom is -0.496 e. The molecule has 0 spiro atoms. The summed E-state index contributed by atoms with van der Waals surface area (Å²) in [6, 6.07) is 15.1. The number of anilines is 1. The normalized spacial score (nSPS) is 13.1. The van der Waals surface area contributed by atoms with Crippen molar-refractivity contribution in [1.29, 1.82) is 0 Å². The number of hydrogen-bond donors (Lipinski definition) is 4. The first kappa shape index (κ1) is 28.0. The Hall–Kier alpha value is -4.54. The van der Waals surface area contributed by atoms with Crippen LogP contribution in [0.5, 0.6) is 5.75 Å². The third-order valence-electron chi connectivity index (χ3n) is 7.66. The van der Waals surface area contributed by atoms with Crippen LogP contribution in [0.1, 0.15) is 27.0 Å². The van der Waals surface area contributed by atoms with Gasteiger partial charge in [0.2, 0.25) is 0 Å². The molecule has 0 saturated carbocycles. The number of aromatic amines is 1. The number of nitrogens with one attached hydrogen (secondary N) is 4. The van der Waals surface area contributed by atoms with Crippen molar-refractivity contribution in [3.63, 3.8) is 0 Å². The summed E-state index contributed by atoms with van der Waals surface area (Å²) < 4.78 is 21.8. The van der Waals surface area contributed by atoms with E-state index in [-0.39, 0.29) is 11.4 Å². The zero-order chi connectivity index (χ0) is 29.3. The molecule has 9 nitrogen and oxygen atoms in total. The van der Waals surface area contributed by atoms with Crippen LogP contribution in [-0.2, 0) is 13.6 Å². The Morgan fingerprint density at radius 1 is 1.05 bits per heavy atom. The number of ether oxygens (including phenoxy) is 1. The van der Waals surface area contributed by atoms with Gasteiger partial charge in [0.1, 0.15) is 17.1 Å². The molecular formula is C31H32FN5O4. The van der Waals surface area contributed by atoms with E-state index in [1.165, 1.54) is 7.05 Å². The number of carbonyl (C=O) groups excluding carboxylic acids is 1. The summed E-state index contributed by atoms with van der Waals surface area (Å²) >= 11 is 0. The Labute approximate surface area is 236 Å². The minimum absolute atomic E-state index is 0.172. The van der Waals surface area contributed by atoms with Crippen molar-refractivity contribution in [1.82, 2.24) is 20.2 Å². The zero-order valence-electron chi connectivity index (χ0n) is 23.4. The summed E-state index contributed by atoms with van der Waals surface area (Å²) in [6.07, 6.45) is 1.12. The average Bonchev–Trinajstić information content (AvgIpc) is 2.93. The number of amides is 1. The maximum atomic E-state index is 15.3. The van der Waals surface area contributed by atoms with E-state index in [0.29, 0.717) is 35.2 Å². The van der Waals surface area contributed by atoms with Gasteiger partial charge >= 0.3 is 5.69 Å². The summed E-state index contributed by atoms with van der Waals surface area (Å²) in [7, 11) is 2.85. The van der Waals surface area contributed by atoms with Crippen LogP contribution in [-0.4, -0.2) is 41.7 Å². The van der Waals surface area contributed by atoms with Gasteiger partial charge in [-0.05, 0) is 65.4 Å². The molecule has 5 rings (SSSR count). The number of nitrogens with zero attached hydrogens (tertiary/aromatic N) is 1. The maximum absolute atomic E-state index is 15.3. The lowest BCUT2D eigenvalue weighted by molar-refractivity contribution is 0.102. The molecule has 4 aromatic rings. The molecule has 3 aromatic carbocycles. The van der Waals surface area contributed by atoms with Crippen molar-refractivity contribution < 1.29 is 13.9 Å². The van der Waals surface area contributed by atoms with Crippen LogP contribution >= 0.6 is 0 Å². The van der Waals surface area contributed by atoms with Gasteiger partial charge in [-0.3, -0.25) is 14.2 Å². The second-order valence-electron chi connectivity index (χ2n) is 10.2. The Morgan fingerprint density at radius 3 is 2.41 bits per heavy atom. The molecule has 41 heavy (non-hydrogen) atoms. The lowest BCUT2D eigenvalue weighted by atomic mass is 9.90. The summed E-state index contributed by atoms with van der Waals surface area (Å²) in [6.45, 7) is 5.96. The van der Waals surface area contributed by atoms with Gasteiger partial charge in [0.15, 0.2) is 0 Å². The van der Waals surface area contributed by atoms with Gasteiger partial charge in [0, 0.05) is 50.2 Å². The van der Waals surface area contributed by atoms with Gasteiger partial charge in [-0.25, -0.2) is 9.18 Å². The van der Waals surface area contributed by atoms with Crippen molar-refractivity contribution in [2.45, 2.75) is 26.4 Å². The molecule has 1 aromatic heterocycles. The van der Waals surface area contributed by atoms with Crippen molar-refractivity contribution in [2.24, 2.45) is 7.05 Å². The molecule has 1 amide bonds. The Balaban J connectivity index is 1.47. The number of hydrogen-bond acceptors (Lipinski definition) is 6. The first-order chi connectivity index (χ1) is 19.7. The lowest BCUT2D eigenvalue weighted by Gasteiger charge is -2.28. The molecule has 1 aliphatic heterocycles. The van der Waals surface area contributed by atoms with Gasteiger partial charge in [-0.1, -0.05) is 30.3 Å². The highest BCUT2D eigenvalue weighted by Gasteiger charge is 2.20. The van der Waals surface area contributed by atoms with Crippen molar-refractivity contribution in [2.75, 3.05) is 25.5 Å². The second kappa shape index (κ2) is 11.5. The number of aromatic nitrogens is 2. The van der Waals surface area contributed by atoms with E-state index < -0.39 is 17.2 Å². The molecule has 2 heterocycles. The molecule has 0 aliphatic carbocycles. The molecule has 1 fully saturated rings. The zero-order valence-corrected chi connectivity index (χ0v) is 23.4. The van der Waals surface area contributed by atoms with E-state index in [2.05, 4.69) is 20.9 Å². The monoisotopic (exact) mass is 557 g/mol. The SMILES string of the molecule is COc1cc(-c2cccc(-c3cccc(NC(=O)c4c[nH]c(=O)n(C)c4=O)c3C)c2C)cc(F)c1CNC1CNC1. The van der Waals surface area contributed by atoms with Crippen LogP contribution < -0.4 is 31.9 Å². The third-order valence-corrected chi connectivity index (χ3v) is 7.66. The molecule has 0 atom stereocenters. The highest BCUT2D eigenvalue weighted by molar-refractivity contribution is 6.04. The Kier molecular flexibility index (Phi) is 7.87. The first-order valence-corrected chi connectivity index (χ1v) is 13.3. The molecule has 212 valence electrons. The van der Waals surface area contributed by atoms with Crippen LogP contribution in [0.4, 0.5) is 10.1 Å². The van der Waals surface area contributed by atoms with Crippen molar-refractivity contribution in [3.8, 4) is 28.0 Å². The standard InChI is InChI=1S/C31H32FN5O4/c1-17-21(19-11-26(32)24(28(12-19)41-4)15-34-20-13-33-14-20)7-5-8-22(17)23-9-6-10-27(18(23)2)36-29(38)25-16-35-31(40)37(3)30(25)39/h5-12,16,20,33-34H,13-15H2,1-4H3,(H,35,40)(H,36,38). The Bertz CT molecular complexity index is 1760. The fraction of sp³-hybridized carbons (Fsp3) is 0.258. The van der Waals surface area contributed by atoms with E-state index in [1.54, 1.807) is 19.2 Å². The van der Waals surface area contributed by atoms with E-state index in [0.717, 1.165) is 51.7 Å². The largest absolute Gasteiger partial charge is 0.496 e. The smallest absolute Gasteiger partial charge is 0.328 e. The topological polar surface area (TPSA) is 117 Å². The summed E-state index contributed by atoms with van der Waals surface area (Å²) in [5, 5.41) is 9.34. The molecule has 0 bridgehead atoms. The fourth-order valence-corrected chi connectivity index (χ4v) is 5.02. The van der Waals surface area contributed by atoms with Crippen LogP contribution in [0.15, 0.2) is 64.3 Å². The molecule has 0 unspecified atom stereocenters. The molecule has 0 radical (unpaired) electrons. The van der Waals surface area contributed by atoms with E-state index in [4.69, 9.17) is 4.74 Å². The van der Waals surface area contributed by atoms with Crippen molar-refractivity contribution in [3.05, 3.63) is 104 Å². The number of halogens is 1. The highest BCUT2D eigenvalue weighted by atomic mass is 19.1.